The number of hydrogen-bond acceptors (Lipinski definition) is 7. The number of carboxylic acid groups (broad SMARTS) is 1. The standard InChI is InChI=1S/C25H31N5O7/c1-14(28-24(36)18(26)11-16-7-9-17(31)10-8-16)23(35)30-20(12-15-5-3-2-4-6-15)25(37)29-19(22(27)34)13-21(32)33/h2-10,14,18-20,31H,11-13,26H2,1H3,(H2,27,34)(H,28,36)(H,29,37)(H,30,35)(H,32,33)/t14-,18+,19+,20+/m1/s1. The number of nitrogens with one attached hydrogen (secondary N) is 3. The number of hydrogen-bond donors (Lipinski definition) is 7. The Morgan fingerprint density at radius 2 is 1.35 bits per heavy atom. The van der Waals surface area contributed by atoms with E-state index in [0.717, 1.165) is 0 Å². The van der Waals surface area contributed by atoms with Crippen LogP contribution in [0.3, 0.4) is 0 Å². The lowest BCUT2D eigenvalue weighted by atomic mass is 10.0. The van der Waals surface area contributed by atoms with E-state index in [0.29, 0.717) is 11.1 Å². The van der Waals surface area contributed by atoms with Crippen molar-refractivity contribution in [3.05, 3.63) is 65.7 Å². The molecule has 37 heavy (non-hydrogen) atoms. The second kappa shape index (κ2) is 13.6. The molecule has 2 rings (SSSR count). The first-order valence-electron chi connectivity index (χ1n) is 11.5. The van der Waals surface area contributed by atoms with Gasteiger partial charge in [-0.15, -0.1) is 0 Å². The zero-order valence-electron chi connectivity index (χ0n) is 20.2. The molecule has 0 aliphatic carbocycles. The molecule has 12 nitrogen and oxygen atoms in total. The van der Waals surface area contributed by atoms with Crippen molar-refractivity contribution in [3.8, 4) is 5.75 Å². The maximum absolute atomic E-state index is 12.9. The number of carbonyl (C=O) groups is 5. The largest absolute Gasteiger partial charge is 0.508 e. The average Bonchev–Trinajstić information content (AvgIpc) is 2.84. The van der Waals surface area contributed by atoms with Crippen LogP contribution in [0.1, 0.15) is 24.5 Å². The fourth-order valence-electron chi connectivity index (χ4n) is 3.39. The highest BCUT2D eigenvalue weighted by Gasteiger charge is 2.29. The summed E-state index contributed by atoms with van der Waals surface area (Å²) in [7, 11) is 0. The number of phenols is 1. The first-order chi connectivity index (χ1) is 17.5. The lowest BCUT2D eigenvalue weighted by molar-refractivity contribution is -0.140. The number of rotatable bonds is 13. The molecular formula is C25H31N5O7. The van der Waals surface area contributed by atoms with E-state index in [1.54, 1.807) is 42.5 Å². The highest BCUT2D eigenvalue weighted by atomic mass is 16.4. The van der Waals surface area contributed by atoms with E-state index in [2.05, 4.69) is 16.0 Å². The molecule has 0 spiro atoms. The van der Waals surface area contributed by atoms with Gasteiger partial charge in [0.1, 0.15) is 23.9 Å². The van der Waals surface area contributed by atoms with Gasteiger partial charge in [-0.05, 0) is 36.6 Å². The predicted molar refractivity (Wildman–Crippen MR) is 133 cm³/mol. The van der Waals surface area contributed by atoms with E-state index in [1.165, 1.54) is 19.1 Å². The zero-order valence-corrected chi connectivity index (χ0v) is 20.2. The van der Waals surface area contributed by atoms with Crippen molar-refractivity contribution in [1.29, 1.82) is 0 Å². The van der Waals surface area contributed by atoms with Crippen LogP contribution in [0.4, 0.5) is 0 Å². The van der Waals surface area contributed by atoms with Gasteiger partial charge >= 0.3 is 5.97 Å². The monoisotopic (exact) mass is 513 g/mol. The van der Waals surface area contributed by atoms with Gasteiger partial charge in [0.05, 0.1) is 12.5 Å². The van der Waals surface area contributed by atoms with Crippen LogP contribution in [0, 0.1) is 0 Å². The van der Waals surface area contributed by atoms with Crippen molar-refractivity contribution in [2.75, 3.05) is 0 Å². The summed E-state index contributed by atoms with van der Waals surface area (Å²) in [6.07, 6.45) is -0.534. The van der Waals surface area contributed by atoms with Gasteiger partial charge < -0.3 is 37.6 Å². The van der Waals surface area contributed by atoms with E-state index in [4.69, 9.17) is 16.6 Å². The van der Waals surface area contributed by atoms with Crippen molar-refractivity contribution in [1.82, 2.24) is 16.0 Å². The first-order valence-corrected chi connectivity index (χ1v) is 11.5. The maximum Gasteiger partial charge on any atom is 0.305 e. The molecule has 0 fully saturated rings. The Kier molecular flexibility index (Phi) is 10.6. The maximum atomic E-state index is 12.9. The van der Waals surface area contributed by atoms with E-state index in [9.17, 15) is 29.1 Å². The summed E-state index contributed by atoms with van der Waals surface area (Å²) < 4.78 is 0. The predicted octanol–water partition coefficient (Wildman–Crippen LogP) is -1.06. The topological polar surface area (TPSA) is 214 Å². The minimum Gasteiger partial charge on any atom is -0.508 e. The van der Waals surface area contributed by atoms with Crippen molar-refractivity contribution in [3.63, 3.8) is 0 Å². The average molecular weight is 514 g/mol. The summed E-state index contributed by atoms with van der Waals surface area (Å²) in [4.78, 5) is 60.9. The number of amides is 4. The second-order valence-corrected chi connectivity index (χ2v) is 8.52. The molecule has 2 aromatic rings. The lowest BCUT2D eigenvalue weighted by Crippen LogP contribution is -2.57. The number of aliphatic carboxylic acids is 1. The van der Waals surface area contributed by atoms with E-state index < -0.39 is 60.2 Å². The molecule has 0 aliphatic rings. The van der Waals surface area contributed by atoms with E-state index in [-0.39, 0.29) is 18.6 Å². The van der Waals surface area contributed by atoms with Crippen LogP contribution >= 0.6 is 0 Å². The van der Waals surface area contributed by atoms with Crippen molar-refractivity contribution >= 4 is 29.6 Å². The van der Waals surface area contributed by atoms with Crippen molar-refractivity contribution < 1.29 is 34.2 Å². The summed E-state index contributed by atoms with van der Waals surface area (Å²) in [6, 6.07) is 10.1. The number of carbonyl (C=O) groups excluding carboxylic acids is 4. The molecular weight excluding hydrogens is 482 g/mol. The summed E-state index contributed by atoms with van der Waals surface area (Å²) in [5.74, 6) is -4.42. The molecule has 0 radical (unpaired) electrons. The van der Waals surface area contributed by atoms with Gasteiger partial charge in [-0.25, -0.2) is 0 Å². The SMILES string of the molecule is C[C@@H](NC(=O)[C@@H](N)Cc1ccc(O)cc1)C(=O)N[C@@H](Cc1ccccc1)C(=O)N[C@@H](CC(=O)O)C(N)=O. The first kappa shape index (κ1) is 28.8. The molecule has 12 heteroatoms. The Bertz CT molecular complexity index is 1110. The molecule has 4 atom stereocenters. The molecule has 0 bridgehead atoms. The molecule has 0 aromatic heterocycles. The molecule has 198 valence electrons. The second-order valence-electron chi connectivity index (χ2n) is 8.52. The quantitative estimate of drug-likeness (QED) is 0.175. The number of phenolic OH excluding ortho intramolecular Hbond substituents is 1. The van der Waals surface area contributed by atoms with Crippen molar-refractivity contribution in [2.45, 2.75) is 50.4 Å². The van der Waals surface area contributed by atoms with E-state index >= 15 is 0 Å². The van der Waals surface area contributed by atoms with Crippen LogP contribution in [0.25, 0.3) is 0 Å². The van der Waals surface area contributed by atoms with Gasteiger partial charge in [-0.1, -0.05) is 42.5 Å². The highest BCUT2D eigenvalue weighted by molar-refractivity contribution is 5.95. The highest BCUT2D eigenvalue weighted by Crippen LogP contribution is 2.11. The van der Waals surface area contributed by atoms with Gasteiger partial charge in [-0.2, -0.15) is 0 Å². The van der Waals surface area contributed by atoms with Crippen LogP contribution in [0.2, 0.25) is 0 Å². The normalized spacial score (nSPS) is 13.9. The third kappa shape index (κ3) is 9.61. The molecule has 0 unspecified atom stereocenters. The fraction of sp³-hybridized carbons (Fsp3) is 0.320. The number of benzene rings is 2. The van der Waals surface area contributed by atoms with Crippen LogP contribution in [0.15, 0.2) is 54.6 Å². The van der Waals surface area contributed by atoms with Crippen LogP contribution in [-0.2, 0) is 36.8 Å². The molecule has 4 amide bonds. The van der Waals surface area contributed by atoms with Gasteiger partial charge in [0, 0.05) is 6.42 Å². The smallest absolute Gasteiger partial charge is 0.305 e. The van der Waals surface area contributed by atoms with Crippen LogP contribution < -0.4 is 27.4 Å². The third-order valence-corrected chi connectivity index (χ3v) is 5.44. The minimum absolute atomic E-state index is 0.0258. The third-order valence-electron chi connectivity index (χ3n) is 5.44. The Balaban J connectivity index is 2.06. The fourth-order valence-corrected chi connectivity index (χ4v) is 3.39. The Hall–Kier alpha value is -4.45. The van der Waals surface area contributed by atoms with Gasteiger partial charge in [0.2, 0.25) is 23.6 Å². The molecule has 0 aliphatic heterocycles. The molecule has 0 saturated carbocycles. The molecule has 0 heterocycles. The molecule has 2 aromatic carbocycles. The van der Waals surface area contributed by atoms with Gasteiger partial charge in [-0.3, -0.25) is 24.0 Å². The number of carboxylic acids is 1. The summed E-state index contributed by atoms with van der Waals surface area (Å²) in [5, 5.41) is 25.6. The Labute approximate surface area is 213 Å². The van der Waals surface area contributed by atoms with Gasteiger partial charge in [0.15, 0.2) is 0 Å². The number of aromatic hydroxyl groups is 1. The molecule has 0 saturated heterocycles. The summed E-state index contributed by atoms with van der Waals surface area (Å²) >= 11 is 0. The summed E-state index contributed by atoms with van der Waals surface area (Å²) in [6.45, 7) is 1.41. The van der Waals surface area contributed by atoms with Crippen LogP contribution in [0.5, 0.6) is 5.75 Å². The number of nitrogens with two attached hydrogens (primary N) is 2. The van der Waals surface area contributed by atoms with Crippen molar-refractivity contribution in [2.24, 2.45) is 11.5 Å². The Morgan fingerprint density at radius 1 is 0.784 bits per heavy atom. The van der Waals surface area contributed by atoms with E-state index in [1.807, 2.05) is 0 Å². The lowest BCUT2D eigenvalue weighted by Gasteiger charge is -2.24. The zero-order chi connectivity index (χ0) is 27.5. The van der Waals surface area contributed by atoms with Crippen LogP contribution in [-0.4, -0.2) is 64.0 Å². The Morgan fingerprint density at radius 3 is 1.92 bits per heavy atom. The minimum atomic E-state index is -1.48. The summed E-state index contributed by atoms with van der Waals surface area (Å²) in [5.41, 5.74) is 12.5. The van der Waals surface area contributed by atoms with Gasteiger partial charge in [0.25, 0.3) is 0 Å². The number of primary amides is 1. The molecule has 9 N–H and O–H groups in total.